The van der Waals surface area contributed by atoms with E-state index in [-0.39, 0.29) is 0 Å². The molecule has 4 heteroatoms. The first-order valence-corrected chi connectivity index (χ1v) is 5.83. The Balaban J connectivity index is 2.11. The SMILES string of the molecule is Nc1cccc(Cl)c1SCc1ccco1. The number of benzene rings is 1. The predicted molar refractivity (Wildman–Crippen MR) is 64.1 cm³/mol. The molecule has 2 rings (SSSR count). The van der Waals surface area contributed by atoms with Gasteiger partial charge in [-0.1, -0.05) is 17.7 Å². The van der Waals surface area contributed by atoms with Crippen molar-refractivity contribution in [2.75, 3.05) is 5.73 Å². The topological polar surface area (TPSA) is 39.2 Å². The van der Waals surface area contributed by atoms with Crippen LogP contribution in [0.4, 0.5) is 5.69 Å². The minimum Gasteiger partial charge on any atom is -0.468 e. The van der Waals surface area contributed by atoms with Gasteiger partial charge in [-0.15, -0.1) is 11.8 Å². The monoisotopic (exact) mass is 239 g/mol. The minimum atomic E-state index is 0.687. The van der Waals surface area contributed by atoms with Gasteiger partial charge in [-0.25, -0.2) is 0 Å². The molecule has 1 heterocycles. The Morgan fingerprint density at radius 2 is 2.13 bits per heavy atom. The number of rotatable bonds is 3. The molecule has 0 amide bonds. The van der Waals surface area contributed by atoms with Crippen LogP contribution in [0.1, 0.15) is 5.76 Å². The largest absolute Gasteiger partial charge is 0.468 e. The van der Waals surface area contributed by atoms with Crippen LogP contribution < -0.4 is 5.73 Å². The van der Waals surface area contributed by atoms with Crippen molar-refractivity contribution in [2.24, 2.45) is 0 Å². The molecular weight excluding hydrogens is 230 g/mol. The molecule has 2 N–H and O–H groups in total. The van der Waals surface area contributed by atoms with E-state index in [1.54, 1.807) is 18.0 Å². The molecule has 2 aromatic rings. The van der Waals surface area contributed by atoms with Crippen molar-refractivity contribution >= 4 is 29.1 Å². The summed E-state index contributed by atoms with van der Waals surface area (Å²) < 4.78 is 5.23. The highest BCUT2D eigenvalue weighted by molar-refractivity contribution is 7.98. The molecule has 78 valence electrons. The first-order chi connectivity index (χ1) is 7.27. The maximum Gasteiger partial charge on any atom is 0.114 e. The van der Waals surface area contributed by atoms with Crippen LogP contribution in [0.25, 0.3) is 0 Å². The van der Waals surface area contributed by atoms with Crippen LogP contribution in [0.2, 0.25) is 5.02 Å². The summed E-state index contributed by atoms with van der Waals surface area (Å²) in [7, 11) is 0. The number of nitrogen functional groups attached to an aromatic ring is 1. The predicted octanol–water partition coefficient (Wildman–Crippen LogP) is 3.81. The molecular formula is C11H10ClNOS. The molecule has 0 unspecified atom stereocenters. The summed E-state index contributed by atoms with van der Waals surface area (Å²) in [5.74, 6) is 1.65. The quantitative estimate of drug-likeness (QED) is 0.654. The van der Waals surface area contributed by atoms with Gasteiger partial charge in [0.25, 0.3) is 0 Å². The zero-order chi connectivity index (χ0) is 10.7. The van der Waals surface area contributed by atoms with E-state index in [1.165, 1.54) is 0 Å². The first-order valence-electron chi connectivity index (χ1n) is 4.46. The average Bonchev–Trinajstić information content (AvgIpc) is 2.70. The summed E-state index contributed by atoms with van der Waals surface area (Å²) >= 11 is 7.62. The summed E-state index contributed by atoms with van der Waals surface area (Å²) in [6, 6.07) is 9.32. The molecule has 15 heavy (non-hydrogen) atoms. The highest BCUT2D eigenvalue weighted by Gasteiger charge is 2.06. The number of hydrogen-bond acceptors (Lipinski definition) is 3. The van der Waals surface area contributed by atoms with Crippen molar-refractivity contribution in [3.8, 4) is 0 Å². The second kappa shape index (κ2) is 4.64. The lowest BCUT2D eigenvalue weighted by Gasteiger charge is -2.05. The maximum atomic E-state index is 6.04. The van der Waals surface area contributed by atoms with E-state index in [4.69, 9.17) is 21.8 Å². The van der Waals surface area contributed by atoms with Crippen molar-refractivity contribution in [1.82, 2.24) is 0 Å². The summed E-state index contributed by atoms with van der Waals surface area (Å²) in [6.45, 7) is 0. The Labute approximate surface area is 97.4 Å². The normalized spacial score (nSPS) is 10.5. The maximum absolute atomic E-state index is 6.04. The van der Waals surface area contributed by atoms with Gasteiger partial charge in [0.15, 0.2) is 0 Å². The van der Waals surface area contributed by atoms with E-state index < -0.39 is 0 Å². The molecule has 0 saturated heterocycles. The molecule has 1 aromatic heterocycles. The highest BCUT2D eigenvalue weighted by atomic mass is 35.5. The van der Waals surface area contributed by atoms with Crippen LogP contribution >= 0.6 is 23.4 Å². The molecule has 0 radical (unpaired) electrons. The summed E-state index contributed by atoms with van der Waals surface area (Å²) in [5.41, 5.74) is 6.53. The Bertz CT molecular complexity index is 422. The number of furan rings is 1. The van der Waals surface area contributed by atoms with Crippen LogP contribution in [0.3, 0.4) is 0 Å². The molecule has 0 bridgehead atoms. The third kappa shape index (κ3) is 2.49. The van der Waals surface area contributed by atoms with E-state index in [0.29, 0.717) is 10.7 Å². The van der Waals surface area contributed by atoms with Crippen LogP contribution in [0.5, 0.6) is 0 Å². The molecule has 1 aromatic carbocycles. The molecule has 2 nitrogen and oxygen atoms in total. The van der Waals surface area contributed by atoms with E-state index in [2.05, 4.69) is 0 Å². The lowest BCUT2D eigenvalue weighted by atomic mass is 10.3. The molecule has 0 fully saturated rings. The molecule has 0 aliphatic carbocycles. The van der Waals surface area contributed by atoms with Crippen molar-refractivity contribution in [1.29, 1.82) is 0 Å². The zero-order valence-electron chi connectivity index (χ0n) is 7.94. The number of hydrogen-bond donors (Lipinski definition) is 1. The van der Waals surface area contributed by atoms with Gasteiger partial charge in [0, 0.05) is 10.6 Å². The summed E-state index contributed by atoms with van der Waals surface area (Å²) in [6.07, 6.45) is 1.66. The third-order valence-corrected chi connectivity index (χ3v) is 3.54. The molecule has 0 aliphatic heterocycles. The van der Waals surface area contributed by atoms with Gasteiger partial charge < -0.3 is 10.2 Å². The van der Waals surface area contributed by atoms with Crippen molar-refractivity contribution in [2.45, 2.75) is 10.6 Å². The van der Waals surface area contributed by atoms with Gasteiger partial charge in [0.05, 0.1) is 17.0 Å². The van der Waals surface area contributed by atoms with Crippen LogP contribution in [-0.4, -0.2) is 0 Å². The van der Waals surface area contributed by atoms with E-state index in [0.717, 1.165) is 16.4 Å². The van der Waals surface area contributed by atoms with Gasteiger partial charge in [0.1, 0.15) is 5.76 Å². The fourth-order valence-electron chi connectivity index (χ4n) is 1.22. The van der Waals surface area contributed by atoms with Crippen molar-refractivity contribution in [3.05, 3.63) is 47.4 Å². The fraction of sp³-hybridized carbons (Fsp3) is 0.0909. The summed E-state index contributed by atoms with van der Waals surface area (Å²) in [5, 5.41) is 0.687. The number of halogens is 1. The lowest BCUT2D eigenvalue weighted by molar-refractivity contribution is 0.530. The molecule has 0 spiro atoms. The van der Waals surface area contributed by atoms with E-state index in [1.807, 2.05) is 30.3 Å². The second-order valence-electron chi connectivity index (χ2n) is 3.03. The van der Waals surface area contributed by atoms with Crippen LogP contribution in [-0.2, 0) is 5.75 Å². The second-order valence-corrected chi connectivity index (χ2v) is 4.42. The third-order valence-electron chi connectivity index (χ3n) is 1.94. The minimum absolute atomic E-state index is 0.687. The Hall–Kier alpha value is -1.06. The van der Waals surface area contributed by atoms with Crippen LogP contribution in [0, 0.1) is 0 Å². The smallest absolute Gasteiger partial charge is 0.114 e. The van der Waals surface area contributed by atoms with Gasteiger partial charge in [-0.3, -0.25) is 0 Å². The fourth-order valence-corrected chi connectivity index (χ4v) is 2.45. The standard InChI is InChI=1S/C11H10ClNOS/c12-9-4-1-5-10(13)11(9)15-7-8-3-2-6-14-8/h1-6H,7,13H2. The zero-order valence-corrected chi connectivity index (χ0v) is 9.52. The molecule has 0 atom stereocenters. The number of nitrogens with two attached hydrogens (primary N) is 1. The van der Waals surface area contributed by atoms with E-state index >= 15 is 0 Å². The average molecular weight is 240 g/mol. The van der Waals surface area contributed by atoms with Gasteiger partial charge in [0.2, 0.25) is 0 Å². The lowest BCUT2D eigenvalue weighted by Crippen LogP contribution is -1.89. The van der Waals surface area contributed by atoms with Gasteiger partial charge in [-0.05, 0) is 24.3 Å². The van der Waals surface area contributed by atoms with Gasteiger partial charge in [-0.2, -0.15) is 0 Å². The van der Waals surface area contributed by atoms with Crippen molar-refractivity contribution < 1.29 is 4.42 Å². The molecule has 0 aliphatic rings. The van der Waals surface area contributed by atoms with Crippen LogP contribution in [0.15, 0.2) is 45.9 Å². The number of thioether (sulfide) groups is 1. The van der Waals surface area contributed by atoms with Gasteiger partial charge >= 0.3 is 0 Å². The summed E-state index contributed by atoms with van der Waals surface area (Å²) in [4.78, 5) is 0.913. The Kier molecular flexibility index (Phi) is 3.23. The van der Waals surface area contributed by atoms with Crippen molar-refractivity contribution in [3.63, 3.8) is 0 Å². The Morgan fingerprint density at radius 1 is 1.27 bits per heavy atom. The highest BCUT2D eigenvalue weighted by Crippen LogP contribution is 2.34. The number of anilines is 1. The molecule has 0 saturated carbocycles. The van der Waals surface area contributed by atoms with E-state index in [9.17, 15) is 0 Å². The first kappa shape index (κ1) is 10.5. The Morgan fingerprint density at radius 3 is 2.80 bits per heavy atom.